The number of rotatable bonds is 5. The van der Waals surface area contributed by atoms with E-state index in [-0.39, 0.29) is 12.6 Å². The van der Waals surface area contributed by atoms with E-state index in [2.05, 4.69) is 27.4 Å². The van der Waals surface area contributed by atoms with Gasteiger partial charge in [0.15, 0.2) is 0 Å². The van der Waals surface area contributed by atoms with Crippen LogP contribution in [0, 0.1) is 6.92 Å². The molecular weight excluding hydrogens is 292 g/mol. The summed E-state index contributed by atoms with van der Waals surface area (Å²) in [5.74, 6) is 0.846. The summed E-state index contributed by atoms with van der Waals surface area (Å²) >= 11 is 0. The van der Waals surface area contributed by atoms with Crippen molar-refractivity contribution in [3.8, 4) is 0 Å². The molecule has 0 unspecified atom stereocenters. The van der Waals surface area contributed by atoms with E-state index in [1.165, 1.54) is 0 Å². The Labute approximate surface area is 136 Å². The predicted octanol–water partition coefficient (Wildman–Crippen LogP) is 3.15. The Kier molecular flexibility index (Phi) is 4.83. The van der Waals surface area contributed by atoms with Gasteiger partial charge in [-0.05, 0) is 38.0 Å². The van der Waals surface area contributed by atoms with Crippen molar-refractivity contribution >= 4 is 11.6 Å². The van der Waals surface area contributed by atoms with Crippen molar-refractivity contribution in [2.45, 2.75) is 39.8 Å². The lowest BCUT2D eigenvalue weighted by Gasteiger charge is -2.27. The predicted molar refractivity (Wildman–Crippen MR) is 88.6 cm³/mol. The molecule has 0 saturated heterocycles. The Bertz CT molecular complexity index is 719. The van der Waals surface area contributed by atoms with E-state index in [0.29, 0.717) is 11.8 Å². The number of urea groups is 1. The smallest absolute Gasteiger partial charge is 0.315 e. The third-order valence-electron chi connectivity index (χ3n) is 3.47. The Morgan fingerprint density at radius 1 is 1.35 bits per heavy atom. The second-order valence-electron chi connectivity index (χ2n) is 6.01. The van der Waals surface area contributed by atoms with Crippen molar-refractivity contribution in [1.29, 1.82) is 0 Å². The molecule has 0 bridgehead atoms. The lowest BCUT2D eigenvalue weighted by Crippen LogP contribution is -2.46. The van der Waals surface area contributed by atoms with Crippen LogP contribution in [0.4, 0.5) is 4.79 Å². The molecule has 6 heteroatoms. The van der Waals surface area contributed by atoms with Crippen LogP contribution in [0.5, 0.6) is 0 Å². The summed E-state index contributed by atoms with van der Waals surface area (Å²) < 4.78 is 5.22. The number of aryl methyl sites for hydroxylation is 1. The number of nitrogens with one attached hydrogen (secondary N) is 2. The first kappa shape index (κ1) is 16.7. The molecule has 0 atom stereocenters. The van der Waals surface area contributed by atoms with E-state index in [1.807, 2.05) is 45.0 Å². The van der Waals surface area contributed by atoms with Crippen LogP contribution in [0.15, 0.2) is 35.3 Å². The third kappa shape index (κ3) is 4.42. The van der Waals surface area contributed by atoms with E-state index in [1.54, 1.807) is 6.92 Å². The highest BCUT2D eigenvalue weighted by Gasteiger charge is 2.23. The molecule has 1 aromatic heterocycles. The van der Waals surface area contributed by atoms with Crippen molar-refractivity contribution in [1.82, 2.24) is 20.8 Å². The van der Waals surface area contributed by atoms with Crippen molar-refractivity contribution in [3.63, 3.8) is 0 Å². The molecule has 1 aromatic carbocycles. The molecular formula is C17H22N4O2. The molecule has 23 heavy (non-hydrogen) atoms. The highest BCUT2D eigenvalue weighted by molar-refractivity contribution is 5.75. The number of amides is 2. The Morgan fingerprint density at radius 2 is 2.09 bits per heavy atom. The number of allylic oxidation sites excluding steroid dienone is 1. The summed E-state index contributed by atoms with van der Waals surface area (Å²) in [6.07, 6.45) is 0. The Morgan fingerprint density at radius 3 is 2.70 bits per heavy atom. The molecule has 2 amide bonds. The zero-order valence-electron chi connectivity index (χ0n) is 13.9. The normalized spacial score (nSPS) is 11.1. The number of hydrogen-bond donors (Lipinski definition) is 2. The molecule has 0 radical (unpaired) electrons. The summed E-state index contributed by atoms with van der Waals surface area (Å²) in [6.45, 7) is 11.7. The van der Waals surface area contributed by atoms with Crippen LogP contribution in [-0.4, -0.2) is 16.2 Å². The monoisotopic (exact) mass is 314 g/mol. The quantitative estimate of drug-likeness (QED) is 0.888. The molecule has 1 heterocycles. The summed E-state index contributed by atoms with van der Waals surface area (Å²) in [5, 5.41) is 13.2. The van der Waals surface area contributed by atoms with Crippen LogP contribution < -0.4 is 10.6 Å². The van der Waals surface area contributed by atoms with Crippen molar-refractivity contribution in [2.75, 3.05) is 0 Å². The van der Waals surface area contributed by atoms with Gasteiger partial charge in [-0.2, -0.15) is 0 Å². The summed E-state index contributed by atoms with van der Waals surface area (Å²) in [4.78, 5) is 12.1. The molecule has 2 N–H and O–H groups in total. The van der Waals surface area contributed by atoms with Gasteiger partial charge in [-0.1, -0.05) is 30.4 Å². The zero-order chi connectivity index (χ0) is 17.0. The van der Waals surface area contributed by atoms with Crippen LogP contribution in [-0.2, 0) is 12.1 Å². The fourth-order valence-corrected chi connectivity index (χ4v) is 2.14. The maximum atomic E-state index is 12.1. The molecule has 0 aliphatic rings. The molecule has 0 aliphatic carbocycles. The standard InChI is InChI=1S/C17H22N4O2/c1-11(2)13-7-6-8-14(9-13)17(4,5)19-16(22)18-10-15-21-20-12(3)23-15/h6-9H,1,10H2,2-5H3,(H2,18,19,22). The van der Waals surface area contributed by atoms with E-state index in [0.717, 1.165) is 16.7 Å². The van der Waals surface area contributed by atoms with Gasteiger partial charge in [-0.25, -0.2) is 4.79 Å². The molecule has 0 spiro atoms. The first-order chi connectivity index (χ1) is 10.8. The minimum atomic E-state index is -0.527. The number of carbonyl (C=O) groups excluding carboxylic acids is 1. The van der Waals surface area contributed by atoms with E-state index in [9.17, 15) is 4.79 Å². The van der Waals surface area contributed by atoms with Gasteiger partial charge in [0.1, 0.15) is 0 Å². The van der Waals surface area contributed by atoms with Crippen LogP contribution >= 0.6 is 0 Å². The summed E-state index contributed by atoms with van der Waals surface area (Å²) in [5.41, 5.74) is 2.51. The minimum absolute atomic E-state index is 0.189. The van der Waals surface area contributed by atoms with Gasteiger partial charge in [-0.3, -0.25) is 0 Å². The fraction of sp³-hybridized carbons (Fsp3) is 0.353. The first-order valence-electron chi connectivity index (χ1n) is 7.39. The van der Waals surface area contributed by atoms with Crippen LogP contribution in [0.3, 0.4) is 0 Å². The summed E-state index contributed by atoms with van der Waals surface area (Å²) in [7, 11) is 0. The molecule has 0 fully saturated rings. The average molecular weight is 314 g/mol. The second-order valence-corrected chi connectivity index (χ2v) is 6.01. The Hall–Kier alpha value is -2.63. The number of carbonyl (C=O) groups is 1. The highest BCUT2D eigenvalue weighted by Crippen LogP contribution is 2.23. The van der Waals surface area contributed by atoms with Gasteiger partial charge in [-0.15, -0.1) is 10.2 Å². The molecule has 6 nitrogen and oxygen atoms in total. The van der Waals surface area contributed by atoms with E-state index >= 15 is 0 Å². The maximum Gasteiger partial charge on any atom is 0.315 e. The first-order valence-corrected chi connectivity index (χ1v) is 7.39. The SMILES string of the molecule is C=C(C)c1cccc(C(C)(C)NC(=O)NCc2nnc(C)o2)c1. The highest BCUT2D eigenvalue weighted by atomic mass is 16.4. The van der Waals surface area contributed by atoms with Gasteiger partial charge in [0, 0.05) is 6.92 Å². The molecule has 2 rings (SSSR count). The van der Waals surface area contributed by atoms with Crippen molar-refractivity contribution < 1.29 is 9.21 Å². The van der Waals surface area contributed by atoms with Gasteiger partial charge >= 0.3 is 6.03 Å². The lowest BCUT2D eigenvalue weighted by atomic mass is 9.92. The third-order valence-corrected chi connectivity index (χ3v) is 3.47. The van der Waals surface area contributed by atoms with Gasteiger partial charge in [0.2, 0.25) is 11.8 Å². The van der Waals surface area contributed by atoms with E-state index < -0.39 is 5.54 Å². The zero-order valence-corrected chi connectivity index (χ0v) is 13.9. The topological polar surface area (TPSA) is 80.0 Å². The number of benzene rings is 1. The molecule has 0 saturated carbocycles. The van der Waals surface area contributed by atoms with Crippen LogP contribution in [0.25, 0.3) is 5.57 Å². The molecule has 0 aliphatic heterocycles. The minimum Gasteiger partial charge on any atom is -0.424 e. The number of aromatic nitrogens is 2. The van der Waals surface area contributed by atoms with Crippen molar-refractivity contribution in [2.24, 2.45) is 0 Å². The average Bonchev–Trinajstić information content (AvgIpc) is 2.90. The number of nitrogens with zero attached hydrogens (tertiary/aromatic N) is 2. The number of hydrogen-bond acceptors (Lipinski definition) is 4. The molecule has 122 valence electrons. The summed E-state index contributed by atoms with van der Waals surface area (Å²) in [6, 6.07) is 7.67. The van der Waals surface area contributed by atoms with E-state index in [4.69, 9.17) is 4.42 Å². The van der Waals surface area contributed by atoms with Gasteiger partial charge in [0.25, 0.3) is 0 Å². The van der Waals surface area contributed by atoms with Crippen LogP contribution in [0.2, 0.25) is 0 Å². The van der Waals surface area contributed by atoms with Crippen molar-refractivity contribution in [3.05, 3.63) is 53.8 Å². The molecule has 2 aromatic rings. The van der Waals surface area contributed by atoms with Crippen LogP contribution in [0.1, 0.15) is 43.7 Å². The second kappa shape index (κ2) is 6.64. The Balaban J connectivity index is 2.00. The maximum absolute atomic E-state index is 12.1. The lowest BCUT2D eigenvalue weighted by molar-refractivity contribution is 0.228. The fourth-order valence-electron chi connectivity index (χ4n) is 2.14. The van der Waals surface area contributed by atoms with Gasteiger partial charge in [0.05, 0.1) is 12.1 Å². The van der Waals surface area contributed by atoms with Gasteiger partial charge < -0.3 is 15.1 Å². The largest absolute Gasteiger partial charge is 0.424 e.